The molecule has 2 aromatic rings. The highest BCUT2D eigenvalue weighted by Gasteiger charge is 2.08. The summed E-state index contributed by atoms with van der Waals surface area (Å²) < 4.78 is 1.58. The van der Waals surface area contributed by atoms with Crippen LogP contribution in [0.15, 0.2) is 18.6 Å². The molecular formula is C6H5N5O. The van der Waals surface area contributed by atoms with Gasteiger partial charge in [-0.25, -0.2) is 0 Å². The minimum atomic E-state index is -0.516. The number of carbonyl (C=O) groups is 1. The van der Waals surface area contributed by atoms with E-state index in [1.807, 2.05) is 0 Å². The summed E-state index contributed by atoms with van der Waals surface area (Å²) in [4.78, 5) is 10.8. The Labute approximate surface area is 67.0 Å². The normalized spacial score (nSPS) is 10.3. The molecule has 6 nitrogen and oxygen atoms in total. The van der Waals surface area contributed by atoms with Gasteiger partial charge in [-0.3, -0.25) is 9.20 Å². The molecule has 2 aromatic heterocycles. The summed E-state index contributed by atoms with van der Waals surface area (Å²) in [5.74, 6) is -0.516. The Bertz CT molecular complexity index is 434. The van der Waals surface area contributed by atoms with Crippen molar-refractivity contribution in [3.8, 4) is 0 Å². The van der Waals surface area contributed by atoms with E-state index < -0.39 is 5.91 Å². The Hall–Kier alpha value is -1.98. The number of nitrogens with two attached hydrogens (primary N) is 1. The van der Waals surface area contributed by atoms with Gasteiger partial charge in [-0.15, -0.1) is 10.2 Å². The maximum Gasteiger partial charge on any atom is 0.252 e. The van der Waals surface area contributed by atoms with Gasteiger partial charge >= 0.3 is 0 Å². The molecule has 2 rings (SSSR count). The van der Waals surface area contributed by atoms with Gasteiger partial charge in [-0.05, 0) is 11.3 Å². The first-order valence-corrected chi connectivity index (χ1v) is 3.24. The maximum absolute atomic E-state index is 10.8. The van der Waals surface area contributed by atoms with E-state index >= 15 is 0 Å². The highest BCUT2D eigenvalue weighted by Crippen LogP contribution is 2.05. The Balaban J connectivity index is 2.79. The molecule has 2 N–H and O–H groups in total. The first-order chi connectivity index (χ1) is 5.79. The van der Waals surface area contributed by atoms with Crippen LogP contribution in [0.1, 0.15) is 10.4 Å². The number of hydrogen-bond acceptors (Lipinski definition) is 4. The van der Waals surface area contributed by atoms with Crippen molar-refractivity contribution >= 4 is 11.6 Å². The van der Waals surface area contributed by atoms with Crippen LogP contribution >= 0.6 is 0 Å². The predicted molar refractivity (Wildman–Crippen MR) is 39.3 cm³/mol. The number of carbonyl (C=O) groups excluding carboxylic acids is 1. The van der Waals surface area contributed by atoms with E-state index in [-0.39, 0.29) is 0 Å². The third-order valence-electron chi connectivity index (χ3n) is 1.52. The smallest absolute Gasteiger partial charge is 0.252 e. The van der Waals surface area contributed by atoms with Crippen LogP contribution in [-0.4, -0.2) is 25.7 Å². The van der Waals surface area contributed by atoms with E-state index in [2.05, 4.69) is 15.4 Å². The van der Waals surface area contributed by atoms with Crippen molar-refractivity contribution in [3.05, 3.63) is 24.2 Å². The van der Waals surface area contributed by atoms with Crippen LogP contribution in [0.25, 0.3) is 5.65 Å². The van der Waals surface area contributed by atoms with Crippen LogP contribution in [0.4, 0.5) is 0 Å². The quantitative estimate of drug-likeness (QED) is 0.597. The number of aromatic nitrogens is 4. The molecule has 0 spiro atoms. The molecule has 0 saturated carbocycles. The average Bonchev–Trinajstić information content (AvgIpc) is 2.47. The zero-order valence-corrected chi connectivity index (χ0v) is 6.01. The van der Waals surface area contributed by atoms with Gasteiger partial charge in [0.2, 0.25) is 0 Å². The lowest BCUT2D eigenvalue weighted by Gasteiger charge is -1.90. The Morgan fingerprint density at radius 3 is 3.17 bits per heavy atom. The van der Waals surface area contributed by atoms with Crippen molar-refractivity contribution in [2.75, 3.05) is 0 Å². The summed E-state index contributed by atoms with van der Waals surface area (Å²) in [6.45, 7) is 0. The number of rotatable bonds is 1. The summed E-state index contributed by atoms with van der Waals surface area (Å²) >= 11 is 0. The number of fused-ring (bicyclic) bond motifs is 1. The second-order valence-electron chi connectivity index (χ2n) is 2.24. The molecule has 0 fully saturated rings. The molecule has 0 aliphatic heterocycles. The van der Waals surface area contributed by atoms with Crippen molar-refractivity contribution in [1.29, 1.82) is 0 Å². The molecule has 0 aromatic carbocycles. The summed E-state index contributed by atoms with van der Waals surface area (Å²) in [5.41, 5.74) is 5.86. The molecule has 0 radical (unpaired) electrons. The maximum atomic E-state index is 10.8. The van der Waals surface area contributed by atoms with Crippen LogP contribution in [0, 0.1) is 0 Å². The lowest BCUT2D eigenvalue weighted by Crippen LogP contribution is -2.11. The van der Waals surface area contributed by atoms with Crippen LogP contribution in [-0.2, 0) is 0 Å². The van der Waals surface area contributed by atoms with Crippen molar-refractivity contribution in [3.63, 3.8) is 0 Å². The van der Waals surface area contributed by atoms with Crippen molar-refractivity contribution in [1.82, 2.24) is 19.8 Å². The molecule has 0 unspecified atom stereocenters. The second kappa shape index (κ2) is 2.26. The summed E-state index contributed by atoms with van der Waals surface area (Å²) in [5, 5.41) is 10.6. The van der Waals surface area contributed by atoms with Gasteiger partial charge in [0.1, 0.15) is 6.33 Å². The van der Waals surface area contributed by atoms with E-state index in [1.54, 1.807) is 16.7 Å². The van der Waals surface area contributed by atoms with Gasteiger partial charge in [0.25, 0.3) is 5.91 Å². The van der Waals surface area contributed by atoms with Gasteiger partial charge < -0.3 is 5.73 Å². The third-order valence-corrected chi connectivity index (χ3v) is 1.52. The monoisotopic (exact) mass is 163 g/mol. The zero-order chi connectivity index (χ0) is 8.55. The van der Waals surface area contributed by atoms with Gasteiger partial charge in [-0.1, -0.05) is 0 Å². The lowest BCUT2D eigenvalue weighted by atomic mass is 10.3. The minimum Gasteiger partial charge on any atom is -0.365 e. The minimum absolute atomic E-state index is 0.352. The third kappa shape index (κ3) is 0.815. The van der Waals surface area contributed by atoms with Crippen molar-refractivity contribution < 1.29 is 4.79 Å². The van der Waals surface area contributed by atoms with Crippen molar-refractivity contribution in [2.24, 2.45) is 5.73 Å². The van der Waals surface area contributed by atoms with Crippen LogP contribution in [0.2, 0.25) is 0 Å². The fourth-order valence-corrected chi connectivity index (χ4v) is 0.977. The van der Waals surface area contributed by atoms with Gasteiger partial charge in [-0.2, -0.15) is 0 Å². The summed E-state index contributed by atoms with van der Waals surface area (Å²) in [7, 11) is 0. The van der Waals surface area contributed by atoms with Crippen LogP contribution in [0.5, 0.6) is 0 Å². The standard InChI is InChI=1S/C6H5N5O/c7-5(12)4-1-2-11-3-8-10-9-6(4)11/h1-3H,(H2,7,12). The van der Waals surface area contributed by atoms with Gasteiger partial charge in [0.05, 0.1) is 5.56 Å². The van der Waals surface area contributed by atoms with Crippen LogP contribution in [0.3, 0.4) is 0 Å². The number of nitrogens with zero attached hydrogens (tertiary/aromatic N) is 4. The SMILES string of the molecule is NC(=O)c1ccn2cnnnc12. The van der Waals surface area contributed by atoms with E-state index in [0.717, 1.165) is 0 Å². The average molecular weight is 163 g/mol. The first-order valence-electron chi connectivity index (χ1n) is 3.24. The molecule has 1 amide bonds. The highest BCUT2D eigenvalue weighted by atomic mass is 16.1. The fraction of sp³-hybridized carbons (Fsp3) is 0. The molecule has 2 heterocycles. The van der Waals surface area contributed by atoms with E-state index in [9.17, 15) is 4.79 Å². The molecule has 12 heavy (non-hydrogen) atoms. The first kappa shape index (κ1) is 6.71. The number of amides is 1. The van der Waals surface area contributed by atoms with Gasteiger partial charge in [0, 0.05) is 6.20 Å². The molecule has 0 atom stereocenters. The molecule has 60 valence electrons. The predicted octanol–water partition coefficient (Wildman–Crippen LogP) is -0.777. The molecule has 0 saturated heterocycles. The molecular weight excluding hydrogens is 158 g/mol. The topological polar surface area (TPSA) is 86.2 Å². The molecule has 0 aliphatic carbocycles. The van der Waals surface area contributed by atoms with Gasteiger partial charge in [0.15, 0.2) is 5.65 Å². The Morgan fingerprint density at radius 2 is 2.42 bits per heavy atom. The Morgan fingerprint density at radius 1 is 1.58 bits per heavy atom. The van der Waals surface area contributed by atoms with E-state index in [0.29, 0.717) is 11.2 Å². The zero-order valence-electron chi connectivity index (χ0n) is 6.01. The molecule has 6 heteroatoms. The summed E-state index contributed by atoms with van der Waals surface area (Å²) in [6, 6.07) is 1.58. The summed E-state index contributed by atoms with van der Waals surface area (Å²) in [6.07, 6.45) is 3.10. The second-order valence-corrected chi connectivity index (χ2v) is 2.24. The van der Waals surface area contributed by atoms with E-state index in [4.69, 9.17) is 5.73 Å². The molecule has 0 aliphatic rings. The van der Waals surface area contributed by atoms with E-state index in [1.165, 1.54) is 6.33 Å². The van der Waals surface area contributed by atoms with Crippen molar-refractivity contribution in [2.45, 2.75) is 0 Å². The largest absolute Gasteiger partial charge is 0.365 e. The number of primary amides is 1. The molecule has 0 bridgehead atoms. The lowest BCUT2D eigenvalue weighted by molar-refractivity contribution is 0.100. The Kier molecular flexibility index (Phi) is 1.26. The highest BCUT2D eigenvalue weighted by molar-refractivity contribution is 5.98. The number of hydrogen-bond donors (Lipinski definition) is 1. The fourth-order valence-electron chi connectivity index (χ4n) is 0.977. The van der Waals surface area contributed by atoms with Crippen LogP contribution < -0.4 is 5.73 Å².